The van der Waals surface area contributed by atoms with E-state index in [2.05, 4.69) is 5.32 Å². The lowest BCUT2D eigenvalue weighted by atomic mass is 10.2. The van der Waals surface area contributed by atoms with Gasteiger partial charge in [0.05, 0.1) is 0 Å². The van der Waals surface area contributed by atoms with Crippen molar-refractivity contribution in [2.45, 2.75) is 32.9 Å². The number of carbonyl (C=O) groups excluding carboxylic acids is 2. The van der Waals surface area contributed by atoms with E-state index in [-0.39, 0.29) is 25.2 Å². The SMILES string of the molecule is CC[C@H](C)NC(=O)COC(=O)COc1ccc(OCc2ccccc2)cc1. The van der Waals surface area contributed by atoms with Crippen molar-refractivity contribution >= 4 is 11.9 Å². The molecule has 2 rings (SSSR count). The number of hydrogen-bond donors (Lipinski definition) is 1. The predicted octanol–water partition coefficient (Wildman–Crippen LogP) is 3.10. The molecule has 27 heavy (non-hydrogen) atoms. The molecule has 0 aromatic heterocycles. The van der Waals surface area contributed by atoms with Gasteiger partial charge in [-0.25, -0.2) is 4.79 Å². The summed E-state index contributed by atoms with van der Waals surface area (Å²) in [7, 11) is 0. The van der Waals surface area contributed by atoms with E-state index in [1.165, 1.54) is 0 Å². The molecule has 0 aliphatic heterocycles. The molecule has 6 heteroatoms. The molecule has 0 aliphatic rings. The lowest BCUT2D eigenvalue weighted by molar-refractivity contribution is -0.150. The second-order valence-corrected chi connectivity index (χ2v) is 6.07. The van der Waals surface area contributed by atoms with Crippen LogP contribution in [0.4, 0.5) is 0 Å². The summed E-state index contributed by atoms with van der Waals surface area (Å²) < 4.78 is 15.9. The number of benzene rings is 2. The van der Waals surface area contributed by atoms with Crippen molar-refractivity contribution in [1.82, 2.24) is 5.32 Å². The van der Waals surface area contributed by atoms with E-state index in [0.717, 1.165) is 12.0 Å². The van der Waals surface area contributed by atoms with Gasteiger partial charge in [-0.15, -0.1) is 0 Å². The minimum Gasteiger partial charge on any atom is -0.489 e. The number of nitrogens with one attached hydrogen (secondary N) is 1. The first-order valence-corrected chi connectivity index (χ1v) is 8.91. The Kier molecular flexibility index (Phi) is 8.16. The highest BCUT2D eigenvalue weighted by atomic mass is 16.6. The third-order valence-electron chi connectivity index (χ3n) is 3.81. The Balaban J connectivity index is 1.68. The van der Waals surface area contributed by atoms with Gasteiger partial charge in [-0.2, -0.15) is 0 Å². The molecule has 1 atom stereocenters. The lowest BCUT2D eigenvalue weighted by Crippen LogP contribution is -2.35. The van der Waals surface area contributed by atoms with Gasteiger partial charge in [0.25, 0.3) is 5.91 Å². The topological polar surface area (TPSA) is 73.9 Å². The van der Waals surface area contributed by atoms with E-state index >= 15 is 0 Å². The minimum absolute atomic E-state index is 0.0510. The number of amides is 1. The summed E-state index contributed by atoms with van der Waals surface area (Å²) in [5.41, 5.74) is 1.08. The summed E-state index contributed by atoms with van der Waals surface area (Å²) in [5.74, 6) is 0.301. The smallest absolute Gasteiger partial charge is 0.344 e. The second-order valence-electron chi connectivity index (χ2n) is 6.07. The van der Waals surface area contributed by atoms with Crippen LogP contribution >= 0.6 is 0 Å². The van der Waals surface area contributed by atoms with Gasteiger partial charge in [0.2, 0.25) is 0 Å². The van der Waals surface area contributed by atoms with E-state index in [1.807, 2.05) is 44.2 Å². The Hall–Kier alpha value is -3.02. The van der Waals surface area contributed by atoms with Crippen LogP contribution in [-0.2, 0) is 20.9 Å². The second kappa shape index (κ2) is 10.9. The number of hydrogen-bond acceptors (Lipinski definition) is 5. The van der Waals surface area contributed by atoms with Gasteiger partial charge >= 0.3 is 5.97 Å². The van der Waals surface area contributed by atoms with Gasteiger partial charge in [-0.1, -0.05) is 37.3 Å². The maximum atomic E-state index is 11.7. The van der Waals surface area contributed by atoms with Crippen LogP contribution in [-0.4, -0.2) is 31.1 Å². The third kappa shape index (κ3) is 7.81. The van der Waals surface area contributed by atoms with E-state index in [9.17, 15) is 9.59 Å². The molecular weight excluding hydrogens is 346 g/mol. The van der Waals surface area contributed by atoms with E-state index in [4.69, 9.17) is 14.2 Å². The normalized spacial score (nSPS) is 11.3. The van der Waals surface area contributed by atoms with E-state index in [1.54, 1.807) is 24.3 Å². The quantitative estimate of drug-likeness (QED) is 0.650. The molecule has 2 aromatic carbocycles. The molecule has 0 saturated heterocycles. The average Bonchev–Trinajstić information content (AvgIpc) is 2.70. The molecule has 1 amide bonds. The molecule has 0 heterocycles. The summed E-state index contributed by atoms with van der Waals surface area (Å²) in [6.07, 6.45) is 0.813. The predicted molar refractivity (Wildman–Crippen MR) is 102 cm³/mol. The molecule has 0 saturated carbocycles. The van der Waals surface area contributed by atoms with Crippen LogP contribution in [0.3, 0.4) is 0 Å². The molecular formula is C21H25NO5. The van der Waals surface area contributed by atoms with Gasteiger partial charge in [-0.3, -0.25) is 4.79 Å². The zero-order valence-corrected chi connectivity index (χ0v) is 15.6. The fourth-order valence-electron chi connectivity index (χ4n) is 2.12. The largest absolute Gasteiger partial charge is 0.489 e. The first-order valence-electron chi connectivity index (χ1n) is 8.91. The zero-order valence-electron chi connectivity index (χ0n) is 15.6. The lowest BCUT2D eigenvalue weighted by Gasteiger charge is -2.12. The maximum absolute atomic E-state index is 11.7. The molecule has 0 aliphatic carbocycles. The molecule has 1 N–H and O–H groups in total. The fraction of sp³-hybridized carbons (Fsp3) is 0.333. The molecule has 144 valence electrons. The van der Waals surface area contributed by atoms with Crippen LogP contribution in [0.15, 0.2) is 54.6 Å². The van der Waals surface area contributed by atoms with Crippen LogP contribution in [0.5, 0.6) is 11.5 Å². The first-order chi connectivity index (χ1) is 13.1. The minimum atomic E-state index is -0.598. The van der Waals surface area contributed by atoms with Crippen molar-refractivity contribution in [2.24, 2.45) is 0 Å². The van der Waals surface area contributed by atoms with Crippen LogP contribution in [0.25, 0.3) is 0 Å². The summed E-state index contributed by atoms with van der Waals surface area (Å²) in [4.78, 5) is 23.2. The fourth-order valence-corrected chi connectivity index (χ4v) is 2.12. The number of carbonyl (C=O) groups is 2. The molecule has 0 bridgehead atoms. The Morgan fingerprint density at radius 3 is 2.19 bits per heavy atom. The van der Waals surface area contributed by atoms with Crippen LogP contribution in [0.1, 0.15) is 25.8 Å². The standard InChI is InChI=1S/C21H25NO5/c1-3-16(2)22-20(23)14-27-21(24)15-26-19-11-9-18(10-12-19)25-13-17-7-5-4-6-8-17/h4-12,16H,3,13-15H2,1-2H3,(H,22,23)/t16-/m0/s1. The van der Waals surface area contributed by atoms with Gasteiger partial charge < -0.3 is 19.5 Å². The molecule has 0 unspecified atom stereocenters. The van der Waals surface area contributed by atoms with E-state index in [0.29, 0.717) is 18.1 Å². The summed E-state index contributed by atoms with van der Waals surface area (Å²) in [6.45, 7) is 3.75. The Morgan fingerprint density at radius 1 is 0.926 bits per heavy atom. The highest BCUT2D eigenvalue weighted by molar-refractivity contribution is 5.81. The summed E-state index contributed by atoms with van der Waals surface area (Å²) >= 11 is 0. The number of esters is 1. The molecule has 0 spiro atoms. The first kappa shape index (κ1) is 20.3. The van der Waals surface area contributed by atoms with Crippen LogP contribution < -0.4 is 14.8 Å². The maximum Gasteiger partial charge on any atom is 0.344 e. The highest BCUT2D eigenvalue weighted by Gasteiger charge is 2.10. The molecule has 0 radical (unpaired) electrons. The van der Waals surface area contributed by atoms with Crippen LogP contribution in [0.2, 0.25) is 0 Å². The third-order valence-corrected chi connectivity index (χ3v) is 3.81. The van der Waals surface area contributed by atoms with Gasteiger partial charge in [0, 0.05) is 6.04 Å². The monoisotopic (exact) mass is 371 g/mol. The Bertz CT molecular complexity index is 715. The molecule has 6 nitrogen and oxygen atoms in total. The highest BCUT2D eigenvalue weighted by Crippen LogP contribution is 2.18. The Morgan fingerprint density at radius 2 is 1.56 bits per heavy atom. The van der Waals surface area contributed by atoms with Crippen molar-refractivity contribution in [1.29, 1.82) is 0 Å². The van der Waals surface area contributed by atoms with Crippen molar-refractivity contribution in [3.8, 4) is 11.5 Å². The van der Waals surface area contributed by atoms with Crippen molar-refractivity contribution in [3.63, 3.8) is 0 Å². The summed E-state index contributed by atoms with van der Waals surface area (Å²) in [5, 5.41) is 2.72. The van der Waals surface area contributed by atoms with Crippen molar-refractivity contribution in [2.75, 3.05) is 13.2 Å². The van der Waals surface area contributed by atoms with Crippen molar-refractivity contribution in [3.05, 3.63) is 60.2 Å². The van der Waals surface area contributed by atoms with E-state index < -0.39 is 5.97 Å². The van der Waals surface area contributed by atoms with Crippen LogP contribution in [0, 0.1) is 0 Å². The van der Waals surface area contributed by atoms with Gasteiger partial charge in [0.1, 0.15) is 18.1 Å². The average molecular weight is 371 g/mol. The molecule has 2 aromatic rings. The van der Waals surface area contributed by atoms with Crippen molar-refractivity contribution < 1.29 is 23.8 Å². The number of rotatable bonds is 10. The van der Waals surface area contributed by atoms with Gasteiger partial charge in [0.15, 0.2) is 13.2 Å². The molecule has 0 fully saturated rings. The summed E-state index contributed by atoms with van der Waals surface area (Å²) in [6, 6.07) is 16.9. The Labute approximate surface area is 159 Å². The van der Waals surface area contributed by atoms with Gasteiger partial charge in [-0.05, 0) is 43.2 Å². The number of ether oxygens (including phenoxy) is 3. The zero-order chi connectivity index (χ0) is 19.5.